The van der Waals surface area contributed by atoms with Gasteiger partial charge in [-0.2, -0.15) is 0 Å². The zero-order chi connectivity index (χ0) is 12.5. The molecule has 0 aliphatic carbocycles. The number of piperazine rings is 1. The van der Waals surface area contributed by atoms with Gasteiger partial charge in [-0.1, -0.05) is 12.1 Å². The Balaban J connectivity index is 2.35. The first kappa shape index (κ1) is 12.5. The van der Waals surface area contributed by atoms with Crippen LogP contribution in [0.5, 0.6) is 0 Å². The van der Waals surface area contributed by atoms with Gasteiger partial charge in [0.15, 0.2) is 9.84 Å². The standard InChI is InChI=1S/C12H18N2O2S/c1-10-4-3-5-11(8-10)17(15,16)12-9-13-6-7-14(12)2/h3-5,8,12-13H,6-7,9H2,1-2H3. The van der Waals surface area contributed by atoms with E-state index in [2.05, 4.69) is 5.32 Å². The van der Waals surface area contributed by atoms with E-state index in [1.54, 1.807) is 18.2 Å². The van der Waals surface area contributed by atoms with Crippen molar-refractivity contribution in [1.29, 1.82) is 0 Å². The quantitative estimate of drug-likeness (QED) is 0.841. The van der Waals surface area contributed by atoms with E-state index < -0.39 is 15.2 Å². The van der Waals surface area contributed by atoms with Gasteiger partial charge in [0.25, 0.3) is 0 Å². The molecular formula is C12H18N2O2S. The molecule has 0 spiro atoms. The molecule has 17 heavy (non-hydrogen) atoms. The average Bonchev–Trinajstić information content (AvgIpc) is 2.29. The lowest BCUT2D eigenvalue weighted by atomic mass is 10.2. The molecule has 0 saturated carbocycles. The molecule has 1 unspecified atom stereocenters. The van der Waals surface area contributed by atoms with Crippen molar-refractivity contribution in [2.45, 2.75) is 17.2 Å². The third-order valence-corrected chi connectivity index (χ3v) is 5.28. The van der Waals surface area contributed by atoms with Crippen LogP contribution in [0.4, 0.5) is 0 Å². The molecule has 94 valence electrons. The van der Waals surface area contributed by atoms with Gasteiger partial charge in [0.1, 0.15) is 5.37 Å². The largest absolute Gasteiger partial charge is 0.313 e. The summed E-state index contributed by atoms with van der Waals surface area (Å²) in [5.41, 5.74) is 0.970. The van der Waals surface area contributed by atoms with Crippen LogP contribution in [0, 0.1) is 6.92 Å². The minimum atomic E-state index is -3.27. The van der Waals surface area contributed by atoms with Gasteiger partial charge in [-0.25, -0.2) is 8.42 Å². The number of sulfone groups is 1. The van der Waals surface area contributed by atoms with Crippen molar-refractivity contribution < 1.29 is 8.42 Å². The molecule has 0 aromatic heterocycles. The third kappa shape index (κ3) is 2.51. The van der Waals surface area contributed by atoms with E-state index in [0.29, 0.717) is 11.4 Å². The predicted octanol–water partition coefficient (Wildman–Crippen LogP) is 0.630. The maximum Gasteiger partial charge on any atom is 0.195 e. The molecule has 1 aliphatic heterocycles. The fourth-order valence-electron chi connectivity index (χ4n) is 2.08. The fraction of sp³-hybridized carbons (Fsp3) is 0.500. The Morgan fingerprint density at radius 1 is 1.41 bits per heavy atom. The van der Waals surface area contributed by atoms with E-state index in [4.69, 9.17) is 0 Å². The van der Waals surface area contributed by atoms with E-state index in [9.17, 15) is 8.42 Å². The molecular weight excluding hydrogens is 236 g/mol. The molecule has 1 heterocycles. The van der Waals surface area contributed by atoms with E-state index in [1.165, 1.54) is 0 Å². The summed E-state index contributed by atoms with van der Waals surface area (Å²) in [7, 11) is -1.41. The van der Waals surface area contributed by atoms with Crippen molar-refractivity contribution >= 4 is 9.84 Å². The van der Waals surface area contributed by atoms with Crippen molar-refractivity contribution in [3.05, 3.63) is 29.8 Å². The smallest absolute Gasteiger partial charge is 0.195 e. The number of hydrogen-bond donors (Lipinski definition) is 1. The van der Waals surface area contributed by atoms with Gasteiger partial charge < -0.3 is 5.32 Å². The number of nitrogens with one attached hydrogen (secondary N) is 1. The lowest BCUT2D eigenvalue weighted by molar-refractivity contribution is 0.255. The molecule has 1 aromatic rings. The summed E-state index contributed by atoms with van der Waals surface area (Å²) in [6, 6.07) is 7.10. The van der Waals surface area contributed by atoms with Gasteiger partial charge in [-0.15, -0.1) is 0 Å². The number of hydrogen-bond acceptors (Lipinski definition) is 4. The van der Waals surface area contributed by atoms with Crippen molar-refractivity contribution in [2.75, 3.05) is 26.7 Å². The molecule has 4 nitrogen and oxygen atoms in total. The van der Waals surface area contributed by atoms with Crippen LogP contribution in [0.1, 0.15) is 5.56 Å². The summed E-state index contributed by atoms with van der Waals surface area (Å²) in [5.74, 6) is 0. The predicted molar refractivity (Wildman–Crippen MR) is 67.7 cm³/mol. The maximum absolute atomic E-state index is 12.5. The Kier molecular flexibility index (Phi) is 3.51. The van der Waals surface area contributed by atoms with Crippen molar-refractivity contribution in [3.8, 4) is 0 Å². The topological polar surface area (TPSA) is 49.4 Å². The fourth-order valence-corrected chi connectivity index (χ4v) is 3.93. The SMILES string of the molecule is Cc1cccc(S(=O)(=O)C2CNCCN2C)c1. The molecule has 1 N–H and O–H groups in total. The average molecular weight is 254 g/mol. The van der Waals surface area contributed by atoms with Crippen LogP contribution in [0.15, 0.2) is 29.2 Å². The van der Waals surface area contributed by atoms with Crippen LogP contribution < -0.4 is 5.32 Å². The number of benzene rings is 1. The summed E-state index contributed by atoms with van der Waals surface area (Å²) in [6.07, 6.45) is 0. The maximum atomic E-state index is 12.5. The molecule has 5 heteroatoms. The summed E-state index contributed by atoms with van der Waals surface area (Å²) in [4.78, 5) is 2.31. The van der Waals surface area contributed by atoms with Gasteiger partial charge in [-0.3, -0.25) is 4.90 Å². The highest BCUT2D eigenvalue weighted by Gasteiger charge is 2.32. The van der Waals surface area contributed by atoms with E-state index in [0.717, 1.165) is 18.7 Å². The van der Waals surface area contributed by atoms with Crippen LogP contribution in [0.2, 0.25) is 0 Å². The normalized spacial score (nSPS) is 22.6. The summed E-state index contributed by atoms with van der Waals surface area (Å²) in [5, 5.41) is 2.67. The number of likely N-dealkylation sites (N-methyl/N-ethyl adjacent to an activating group) is 1. The Bertz CT molecular complexity index is 499. The van der Waals surface area contributed by atoms with E-state index in [1.807, 2.05) is 24.9 Å². The minimum Gasteiger partial charge on any atom is -0.313 e. The van der Waals surface area contributed by atoms with Crippen LogP contribution >= 0.6 is 0 Å². The van der Waals surface area contributed by atoms with Gasteiger partial charge in [0.05, 0.1) is 4.90 Å². The molecule has 1 atom stereocenters. The highest BCUT2D eigenvalue weighted by molar-refractivity contribution is 7.92. The lowest BCUT2D eigenvalue weighted by Gasteiger charge is -2.32. The monoisotopic (exact) mass is 254 g/mol. The second-order valence-electron chi connectivity index (χ2n) is 4.50. The molecule has 0 bridgehead atoms. The molecule has 1 saturated heterocycles. The zero-order valence-electron chi connectivity index (χ0n) is 10.2. The van der Waals surface area contributed by atoms with E-state index in [-0.39, 0.29) is 0 Å². The molecule has 0 amide bonds. The summed E-state index contributed by atoms with van der Waals surface area (Å²) in [6.45, 7) is 4.00. The first-order valence-corrected chi connectivity index (χ1v) is 7.28. The molecule has 2 rings (SSSR count). The molecule has 0 radical (unpaired) electrons. The van der Waals surface area contributed by atoms with Crippen molar-refractivity contribution in [1.82, 2.24) is 10.2 Å². The minimum absolute atomic E-state index is 0.415. The van der Waals surface area contributed by atoms with Gasteiger partial charge in [0.2, 0.25) is 0 Å². The first-order chi connectivity index (χ1) is 8.01. The molecule has 1 fully saturated rings. The number of nitrogens with zero attached hydrogens (tertiary/aromatic N) is 1. The second-order valence-corrected chi connectivity index (χ2v) is 6.61. The van der Waals surface area contributed by atoms with Crippen LogP contribution in [0.3, 0.4) is 0 Å². The van der Waals surface area contributed by atoms with Crippen LogP contribution in [-0.2, 0) is 9.84 Å². The van der Waals surface area contributed by atoms with Crippen molar-refractivity contribution in [3.63, 3.8) is 0 Å². The van der Waals surface area contributed by atoms with Crippen LogP contribution in [-0.4, -0.2) is 45.4 Å². The Hall–Kier alpha value is -0.910. The Labute approximate surface area is 103 Å². The van der Waals surface area contributed by atoms with Crippen LogP contribution in [0.25, 0.3) is 0 Å². The van der Waals surface area contributed by atoms with Crippen molar-refractivity contribution in [2.24, 2.45) is 0 Å². The molecule has 1 aliphatic rings. The lowest BCUT2D eigenvalue weighted by Crippen LogP contribution is -2.52. The summed E-state index contributed by atoms with van der Waals surface area (Å²) < 4.78 is 24.9. The Morgan fingerprint density at radius 3 is 2.82 bits per heavy atom. The Morgan fingerprint density at radius 2 is 2.18 bits per heavy atom. The molecule has 1 aromatic carbocycles. The number of rotatable bonds is 2. The highest BCUT2D eigenvalue weighted by atomic mass is 32.2. The zero-order valence-corrected chi connectivity index (χ0v) is 11.0. The number of aryl methyl sites for hydroxylation is 1. The highest BCUT2D eigenvalue weighted by Crippen LogP contribution is 2.20. The first-order valence-electron chi connectivity index (χ1n) is 5.73. The van der Waals surface area contributed by atoms with E-state index >= 15 is 0 Å². The third-order valence-electron chi connectivity index (χ3n) is 3.13. The van der Waals surface area contributed by atoms with Gasteiger partial charge >= 0.3 is 0 Å². The second kappa shape index (κ2) is 4.76. The summed E-state index contributed by atoms with van der Waals surface area (Å²) >= 11 is 0. The van der Waals surface area contributed by atoms with Gasteiger partial charge in [-0.05, 0) is 31.7 Å². The van der Waals surface area contributed by atoms with Gasteiger partial charge in [0, 0.05) is 19.6 Å².